The summed E-state index contributed by atoms with van der Waals surface area (Å²) < 4.78 is 33.2. The second-order valence-corrected chi connectivity index (χ2v) is 7.68. The summed E-state index contributed by atoms with van der Waals surface area (Å²) in [7, 11) is -2.43. The van der Waals surface area contributed by atoms with Crippen LogP contribution in [0.3, 0.4) is 0 Å². The molecule has 3 N–H and O–H groups in total. The molecule has 0 saturated carbocycles. The summed E-state index contributed by atoms with van der Waals surface area (Å²) in [6.45, 7) is 1.80. The summed E-state index contributed by atoms with van der Waals surface area (Å²) in [5, 5.41) is 0. The molecule has 0 aliphatic heterocycles. The molecule has 0 aliphatic carbocycles. The first kappa shape index (κ1) is 18.2. The van der Waals surface area contributed by atoms with Crippen molar-refractivity contribution in [2.75, 3.05) is 17.6 Å². The molecule has 2 aromatic rings. The number of carbonyl (C=O) groups is 1. The Balaban J connectivity index is 2.37. The number of amides is 1. The smallest absolute Gasteiger partial charge is 0.265 e. The molecule has 0 atom stereocenters. The lowest BCUT2D eigenvalue weighted by molar-refractivity contribution is -0.115. The Morgan fingerprint density at radius 2 is 1.96 bits per heavy atom. The van der Waals surface area contributed by atoms with Gasteiger partial charge < -0.3 is 10.5 Å². The van der Waals surface area contributed by atoms with Crippen molar-refractivity contribution in [3.8, 4) is 5.75 Å². The van der Waals surface area contributed by atoms with Gasteiger partial charge in [0.1, 0.15) is 10.6 Å². The molecule has 2 rings (SSSR count). The number of ether oxygens (including phenoxy) is 1. The van der Waals surface area contributed by atoms with Crippen molar-refractivity contribution in [1.29, 1.82) is 0 Å². The third kappa shape index (κ3) is 4.42. The number of nitrogens with two attached hydrogens (primary N) is 1. The monoisotopic (exact) mass is 366 g/mol. The number of thioether (sulfide) groups is 1. The average Bonchev–Trinajstić information content (AvgIpc) is 2.53. The minimum atomic E-state index is -3.84. The van der Waals surface area contributed by atoms with Gasteiger partial charge in [-0.25, -0.2) is 8.42 Å². The zero-order chi connectivity index (χ0) is 17.7. The Bertz CT molecular complexity index is 851. The van der Waals surface area contributed by atoms with Crippen LogP contribution >= 0.6 is 11.8 Å². The van der Waals surface area contributed by atoms with E-state index in [1.54, 1.807) is 49.4 Å². The van der Waals surface area contributed by atoms with Crippen LogP contribution in [0.4, 0.5) is 5.69 Å². The summed E-state index contributed by atoms with van der Waals surface area (Å²) in [4.78, 5) is 11.6. The first-order valence-corrected chi connectivity index (χ1v) is 9.48. The molecular formula is C16H18N2O4S2. The highest BCUT2D eigenvalue weighted by atomic mass is 32.2. The first-order chi connectivity index (χ1) is 11.3. The molecule has 0 aromatic heterocycles. The number of methoxy groups -OCH3 is 1. The van der Waals surface area contributed by atoms with Gasteiger partial charge in [-0.1, -0.05) is 18.2 Å². The largest absolute Gasteiger partial charge is 0.495 e. The van der Waals surface area contributed by atoms with Crippen LogP contribution in [0.15, 0.2) is 52.3 Å². The number of aryl methyl sites for hydroxylation is 1. The number of nitrogens with one attached hydrogen (secondary N) is 1. The zero-order valence-corrected chi connectivity index (χ0v) is 14.9. The zero-order valence-electron chi connectivity index (χ0n) is 13.3. The third-order valence-corrected chi connectivity index (χ3v) is 5.59. The summed E-state index contributed by atoms with van der Waals surface area (Å²) in [6, 6.07) is 11.7. The van der Waals surface area contributed by atoms with Gasteiger partial charge in [0.2, 0.25) is 5.91 Å². The van der Waals surface area contributed by atoms with Crippen LogP contribution in [0.25, 0.3) is 0 Å². The summed E-state index contributed by atoms with van der Waals surface area (Å²) >= 11 is 1.17. The number of sulfonamides is 1. The van der Waals surface area contributed by atoms with E-state index in [9.17, 15) is 13.2 Å². The van der Waals surface area contributed by atoms with Crippen molar-refractivity contribution < 1.29 is 17.9 Å². The number of anilines is 1. The van der Waals surface area contributed by atoms with Crippen LogP contribution in [0.2, 0.25) is 0 Å². The lowest BCUT2D eigenvalue weighted by atomic mass is 10.2. The maximum absolute atomic E-state index is 12.7. The van der Waals surface area contributed by atoms with Gasteiger partial charge in [-0.15, -0.1) is 11.8 Å². The lowest BCUT2D eigenvalue weighted by Gasteiger charge is -2.14. The molecule has 6 nitrogen and oxygen atoms in total. The number of hydrogen-bond acceptors (Lipinski definition) is 5. The molecule has 0 unspecified atom stereocenters. The van der Waals surface area contributed by atoms with Crippen molar-refractivity contribution in [3.63, 3.8) is 0 Å². The van der Waals surface area contributed by atoms with Crippen LogP contribution in [0, 0.1) is 6.92 Å². The fourth-order valence-corrected chi connectivity index (χ4v) is 4.17. The number of benzene rings is 2. The van der Waals surface area contributed by atoms with Gasteiger partial charge in [0.15, 0.2) is 0 Å². The molecular weight excluding hydrogens is 348 g/mol. The molecule has 8 heteroatoms. The van der Waals surface area contributed by atoms with E-state index < -0.39 is 15.9 Å². The molecule has 128 valence electrons. The number of rotatable bonds is 7. The van der Waals surface area contributed by atoms with Crippen molar-refractivity contribution in [2.45, 2.75) is 16.7 Å². The Labute approximate surface area is 145 Å². The molecule has 0 heterocycles. The van der Waals surface area contributed by atoms with Gasteiger partial charge in [0.25, 0.3) is 10.0 Å². The van der Waals surface area contributed by atoms with E-state index in [1.807, 2.05) is 0 Å². The maximum atomic E-state index is 12.7. The fraction of sp³-hybridized carbons (Fsp3) is 0.188. The van der Waals surface area contributed by atoms with Crippen molar-refractivity contribution in [1.82, 2.24) is 0 Å². The highest BCUT2D eigenvalue weighted by Gasteiger charge is 2.21. The summed E-state index contributed by atoms with van der Waals surface area (Å²) in [5.74, 6) is -0.152. The Hall–Kier alpha value is -2.19. The van der Waals surface area contributed by atoms with Crippen LogP contribution in [0.1, 0.15) is 5.56 Å². The Morgan fingerprint density at radius 3 is 2.62 bits per heavy atom. The number of primary amides is 1. The predicted molar refractivity (Wildman–Crippen MR) is 94.9 cm³/mol. The van der Waals surface area contributed by atoms with E-state index in [0.717, 1.165) is 5.56 Å². The molecule has 0 spiro atoms. The Morgan fingerprint density at radius 1 is 1.25 bits per heavy atom. The van der Waals surface area contributed by atoms with E-state index in [4.69, 9.17) is 10.5 Å². The van der Waals surface area contributed by atoms with Crippen molar-refractivity contribution in [3.05, 3.63) is 48.0 Å². The van der Waals surface area contributed by atoms with Gasteiger partial charge in [-0.2, -0.15) is 0 Å². The normalized spacial score (nSPS) is 11.1. The first-order valence-electron chi connectivity index (χ1n) is 7.01. The van der Waals surface area contributed by atoms with E-state index in [2.05, 4.69) is 4.72 Å². The van der Waals surface area contributed by atoms with E-state index in [-0.39, 0.29) is 16.4 Å². The average molecular weight is 366 g/mol. The van der Waals surface area contributed by atoms with E-state index >= 15 is 0 Å². The summed E-state index contributed by atoms with van der Waals surface area (Å²) in [6.07, 6.45) is 0. The third-order valence-electron chi connectivity index (χ3n) is 3.11. The standard InChI is InChI=1S/C16H18N2O4S2/c1-11-7-8-13(22-2)15(9-11)24(20,21)18-12-5-3-4-6-14(12)23-10-16(17)19/h3-9,18H,10H2,1-2H3,(H2,17,19). The molecule has 24 heavy (non-hydrogen) atoms. The minimum absolute atomic E-state index is 0.0553. The molecule has 0 radical (unpaired) electrons. The lowest BCUT2D eigenvalue weighted by Crippen LogP contribution is -2.16. The number of carbonyl (C=O) groups excluding carboxylic acids is 1. The minimum Gasteiger partial charge on any atom is -0.495 e. The van der Waals surface area contributed by atoms with Crippen LogP contribution < -0.4 is 15.2 Å². The molecule has 0 saturated heterocycles. The van der Waals surface area contributed by atoms with Crippen molar-refractivity contribution in [2.24, 2.45) is 5.73 Å². The molecule has 1 amide bonds. The SMILES string of the molecule is COc1ccc(C)cc1S(=O)(=O)Nc1ccccc1SCC(N)=O. The molecule has 0 fully saturated rings. The van der Waals surface area contributed by atoms with E-state index in [1.165, 1.54) is 18.9 Å². The predicted octanol–water partition coefficient (Wildman–Crippen LogP) is 2.38. The highest BCUT2D eigenvalue weighted by molar-refractivity contribution is 8.00. The topological polar surface area (TPSA) is 98.5 Å². The van der Waals surface area contributed by atoms with E-state index in [0.29, 0.717) is 10.6 Å². The number of para-hydroxylation sites is 1. The van der Waals surface area contributed by atoms with Crippen LogP contribution in [-0.4, -0.2) is 27.2 Å². The quantitative estimate of drug-likeness (QED) is 0.733. The van der Waals surface area contributed by atoms with Gasteiger partial charge in [-0.05, 0) is 36.8 Å². The maximum Gasteiger partial charge on any atom is 0.265 e. The second-order valence-electron chi connectivity index (χ2n) is 5.01. The van der Waals surface area contributed by atoms with Crippen LogP contribution in [0.5, 0.6) is 5.75 Å². The molecule has 0 bridgehead atoms. The van der Waals surface area contributed by atoms with Gasteiger partial charge in [0.05, 0.1) is 18.6 Å². The molecule has 0 aliphatic rings. The Kier molecular flexibility index (Phi) is 5.74. The number of hydrogen-bond donors (Lipinski definition) is 2. The fourth-order valence-electron chi connectivity index (χ4n) is 2.02. The summed E-state index contributed by atoms with van der Waals surface area (Å²) in [5.41, 5.74) is 6.33. The van der Waals surface area contributed by atoms with Crippen LogP contribution in [-0.2, 0) is 14.8 Å². The van der Waals surface area contributed by atoms with Crippen molar-refractivity contribution >= 4 is 33.4 Å². The highest BCUT2D eigenvalue weighted by Crippen LogP contribution is 2.31. The second kappa shape index (κ2) is 7.59. The van der Waals surface area contributed by atoms with Gasteiger partial charge >= 0.3 is 0 Å². The molecule has 2 aromatic carbocycles. The van der Waals surface area contributed by atoms with Gasteiger partial charge in [0, 0.05) is 4.90 Å². The van der Waals surface area contributed by atoms with Gasteiger partial charge in [-0.3, -0.25) is 9.52 Å².